The number of carbonyl (C=O) groups is 1. The Balaban J connectivity index is 2.27. The topological polar surface area (TPSA) is 63.1 Å². The van der Waals surface area contributed by atoms with Gasteiger partial charge in [-0.2, -0.15) is 0 Å². The van der Waals surface area contributed by atoms with Gasteiger partial charge in [-0.25, -0.2) is 14.8 Å². The van der Waals surface area contributed by atoms with Crippen LogP contribution in [0, 0.1) is 0 Å². The zero-order valence-corrected chi connectivity index (χ0v) is 11.9. The largest absolute Gasteiger partial charge is 0.476 e. The van der Waals surface area contributed by atoms with E-state index in [2.05, 4.69) is 25.9 Å². The van der Waals surface area contributed by atoms with Gasteiger partial charge >= 0.3 is 5.97 Å². The standard InChI is InChI=1S/C13H7BrN2O2S/c14-8-3-1-2-7(6-8)12-15-9-4-5-19-11(9)10(16-12)13(17)18/h1-6H,(H,17,18). The lowest BCUT2D eigenvalue weighted by atomic mass is 10.2. The predicted octanol–water partition coefficient (Wildman–Crippen LogP) is 3.82. The lowest BCUT2D eigenvalue weighted by Crippen LogP contribution is -2.03. The van der Waals surface area contributed by atoms with E-state index in [4.69, 9.17) is 0 Å². The van der Waals surface area contributed by atoms with Gasteiger partial charge < -0.3 is 5.11 Å². The number of hydrogen-bond donors (Lipinski definition) is 1. The lowest BCUT2D eigenvalue weighted by molar-refractivity contribution is 0.0693. The number of aromatic nitrogens is 2. The van der Waals surface area contributed by atoms with Crippen LogP contribution in [0.4, 0.5) is 0 Å². The van der Waals surface area contributed by atoms with Crippen molar-refractivity contribution in [2.75, 3.05) is 0 Å². The fourth-order valence-electron chi connectivity index (χ4n) is 1.77. The van der Waals surface area contributed by atoms with E-state index in [1.165, 1.54) is 11.3 Å². The minimum Gasteiger partial charge on any atom is -0.476 e. The van der Waals surface area contributed by atoms with Gasteiger partial charge in [0.05, 0.1) is 10.2 Å². The molecule has 4 nitrogen and oxygen atoms in total. The summed E-state index contributed by atoms with van der Waals surface area (Å²) < 4.78 is 1.50. The average Bonchev–Trinajstić information content (AvgIpc) is 2.85. The van der Waals surface area contributed by atoms with E-state index in [0.29, 0.717) is 16.0 Å². The van der Waals surface area contributed by atoms with Crippen LogP contribution in [-0.4, -0.2) is 21.0 Å². The Kier molecular flexibility index (Phi) is 3.04. The number of aromatic carboxylic acids is 1. The summed E-state index contributed by atoms with van der Waals surface area (Å²) in [6.45, 7) is 0. The first-order chi connectivity index (χ1) is 9.15. The van der Waals surface area contributed by atoms with Crippen molar-refractivity contribution in [1.82, 2.24) is 9.97 Å². The maximum atomic E-state index is 11.3. The predicted molar refractivity (Wildman–Crippen MR) is 77.5 cm³/mol. The number of benzene rings is 1. The smallest absolute Gasteiger partial charge is 0.356 e. The Bertz CT molecular complexity index is 785. The zero-order valence-electron chi connectivity index (χ0n) is 9.50. The lowest BCUT2D eigenvalue weighted by Gasteiger charge is -2.03. The second-order valence-corrected chi connectivity index (χ2v) is 5.68. The van der Waals surface area contributed by atoms with Gasteiger partial charge in [0.2, 0.25) is 0 Å². The van der Waals surface area contributed by atoms with Crippen LogP contribution in [0.3, 0.4) is 0 Å². The van der Waals surface area contributed by atoms with E-state index >= 15 is 0 Å². The van der Waals surface area contributed by atoms with Crippen molar-refractivity contribution in [2.24, 2.45) is 0 Å². The molecule has 19 heavy (non-hydrogen) atoms. The molecule has 0 atom stereocenters. The molecule has 2 heterocycles. The molecule has 0 spiro atoms. The van der Waals surface area contributed by atoms with Gasteiger partial charge in [-0.3, -0.25) is 0 Å². The first kappa shape index (κ1) is 12.3. The third-order valence-corrected chi connectivity index (χ3v) is 3.99. The Hall–Kier alpha value is -1.79. The third kappa shape index (κ3) is 2.24. The van der Waals surface area contributed by atoms with E-state index in [1.54, 1.807) is 6.07 Å². The van der Waals surface area contributed by atoms with E-state index in [9.17, 15) is 9.90 Å². The molecular weight excluding hydrogens is 328 g/mol. The molecule has 3 aromatic rings. The molecule has 3 rings (SSSR count). The molecule has 1 N–H and O–H groups in total. The normalized spacial score (nSPS) is 10.8. The van der Waals surface area contributed by atoms with Gasteiger partial charge in [-0.05, 0) is 23.6 Å². The molecule has 2 aromatic heterocycles. The maximum absolute atomic E-state index is 11.3. The van der Waals surface area contributed by atoms with Crippen LogP contribution in [0.5, 0.6) is 0 Å². The molecule has 0 radical (unpaired) electrons. The Morgan fingerprint density at radius 3 is 2.84 bits per heavy atom. The summed E-state index contributed by atoms with van der Waals surface area (Å²) >= 11 is 4.71. The number of nitrogens with zero attached hydrogens (tertiary/aromatic N) is 2. The van der Waals surface area contributed by atoms with Crippen molar-refractivity contribution >= 4 is 43.5 Å². The van der Waals surface area contributed by atoms with E-state index < -0.39 is 5.97 Å². The van der Waals surface area contributed by atoms with E-state index in [-0.39, 0.29) is 5.69 Å². The molecule has 0 unspecified atom stereocenters. The van der Waals surface area contributed by atoms with Crippen LogP contribution in [0.2, 0.25) is 0 Å². The minimum absolute atomic E-state index is 0.0509. The number of halogens is 1. The van der Waals surface area contributed by atoms with Crippen molar-refractivity contribution in [3.05, 3.63) is 45.9 Å². The monoisotopic (exact) mass is 334 g/mol. The summed E-state index contributed by atoms with van der Waals surface area (Å²) in [5, 5.41) is 11.1. The van der Waals surface area contributed by atoms with Gasteiger partial charge in [-0.1, -0.05) is 28.1 Å². The van der Waals surface area contributed by atoms with Gasteiger partial charge in [0.25, 0.3) is 0 Å². The molecule has 94 valence electrons. The molecule has 0 aliphatic heterocycles. The number of fused-ring (bicyclic) bond motifs is 1. The van der Waals surface area contributed by atoms with Crippen molar-refractivity contribution in [1.29, 1.82) is 0 Å². The van der Waals surface area contributed by atoms with Gasteiger partial charge in [0, 0.05) is 10.0 Å². The van der Waals surface area contributed by atoms with Crippen LogP contribution >= 0.6 is 27.3 Å². The molecule has 0 saturated carbocycles. The Morgan fingerprint density at radius 1 is 1.26 bits per heavy atom. The van der Waals surface area contributed by atoms with E-state index in [0.717, 1.165) is 10.0 Å². The second-order valence-electron chi connectivity index (χ2n) is 3.85. The summed E-state index contributed by atoms with van der Waals surface area (Å²) in [6.07, 6.45) is 0. The third-order valence-electron chi connectivity index (χ3n) is 2.59. The summed E-state index contributed by atoms with van der Waals surface area (Å²) in [7, 11) is 0. The SMILES string of the molecule is O=C(O)c1nc(-c2cccc(Br)c2)nc2ccsc12. The fourth-order valence-corrected chi connectivity index (χ4v) is 2.98. The van der Waals surface area contributed by atoms with Gasteiger partial charge in [0.15, 0.2) is 11.5 Å². The highest BCUT2D eigenvalue weighted by Crippen LogP contribution is 2.26. The summed E-state index contributed by atoms with van der Waals surface area (Å²) in [6, 6.07) is 9.27. The summed E-state index contributed by atoms with van der Waals surface area (Å²) in [5.74, 6) is -0.615. The van der Waals surface area contributed by atoms with Crippen molar-refractivity contribution < 1.29 is 9.90 Å². The summed E-state index contributed by atoms with van der Waals surface area (Å²) in [4.78, 5) is 19.8. The molecule has 0 bridgehead atoms. The molecule has 1 aromatic carbocycles. The van der Waals surface area contributed by atoms with Gasteiger partial charge in [0.1, 0.15) is 0 Å². The number of carboxylic acids is 1. The highest BCUT2D eigenvalue weighted by Gasteiger charge is 2.15. The molecule has 0 aliphatic rings. The van der Waals surface area contributed by atoms with Crippen molar-refractivity contribution in [3.8, 4) is 11.4 Å². The van der Waals surface area contributed by atoms with Crippen LogP contribution in [-0.2, 0) is 0 Å². The van der Waals surface area contributed by atoms with Crippen LogP contribution < -0.4 is 0 Å². The first-order valence-corrected chi connectivity index (χ1v) is 7.07. The Labute approximate surface area is 120 Å². The highest BCUT2D eigenvalue weighted by molar-refractivity contribution is 9.10. The first-order valence-electron chi connectivity index (χ1n) is 5.39. The van der Waals surface area contributed by atoms with Crippen LogP contribution in [0.1, 0.15) is 10.5 Å². The number of carboxylic acid groups (broad SMARTS) is 1. The number of thiophene rings is 1. The van der Waals surface area contributed by atoms with Crippen LogP contribution in [0.15, 0.2) is 40.2 Å². The van der Waals surface area contributed by atoms with Gasteiger partial charge in [-0.15, -0.1) is 11.3 Å². The molecule has 0 fully saturated rings. The number of hydrogen-bond acceptors (Lipinski definition) is 4. The molecule has 6 heteroatoms. The molecule has 0 amide bonds. The second kappa shape index (κ2) is 4.71. The fraction of sp³-hybridized carbons (Fsp3) is 0. The van der Waals surface area contributed by atoms with E-state index in [1.807, 2.05) is 29.6 Å². The number of rotatable bonds is 2. The Morgan fingerprint density at radius 2 is 2.11 bits per heavy atom. The zero-order chi connectivity index (χ0) is 13.4. The van der Waals surface area contributed by atoms with Crippen molar-refractivity contribution in [3.63, 3.8) is 0 Å². The average molecular weight is 335 g/mol. The maximum Gasteiger partial charge on any atom is 0.356 e. The minimum atomic E-state index is -1.04. The molecular formula is C13H7BrN2O2S. The molecule has 0 saturated heterocycles. The highest BCUT2D eigenvalue weighted by atomic mass is 79.9. The molecule has 0 aliphatic carbocycles. The van der Waals surface area contributed by atoms with Crippen molar-refractivity contribution in [2.45, 2.75) is 0 Å². The summed E-state index contributed by atoms with van der Waals surface area (Å²) in [5.41, 5.74) is 1.49. The quantitative estimate of drug-likeness (QED) is 0.773. The van der Waals surface area contributed by atoms with Crippen LogP contribution in [0.25, 0.3) is 21.6 Å².